The summed E-state index contributed by atoms with van der Waals surface area (Å²) in [4.78, 5) is 10.9. The normalized spacial score (nSPS) is 11.2. The lowest BCUT2D eigenvalue weighted by Gasteiger charge is -2.25. The molecule has 0 radical (unpaired) electrons. The molecule has 4 heteroatoms. The van der Waals surface area contributed by atoms with Crippen LogP contribution in [0.5, 0.6) is 5.75 Å². The average Bonchev–Trinajstić information content (AvgIpc) is 2.16. The molecule has 0 saturated carbocycles. The Kier molecular flexibility index (Phi) is 3.97. The molecule has 0 aliphatic rings. The summed E-state index contributed by atoms with van der Waals surface area (Å²) in [6, 6.07) is 4.85. The Bertz CT molecular complexity index is 399. The highest BCUT2D eigenvalue weighted by molar-refractivity contribution is 9.10. The summed E-state index contributed by atoms with van der Waals surface area (Å²) in [5.74, 6) is -0.390. The maximum Gasteiger partial charge on any atom is 0.335 e. The molecule has 0 aliphatic heterocycles. The van der Waals surface area contributed by atoms with Gasteiger partial charge in [0.1, 0.15) is 11.4 Å². The second-order valence-corrected chi connectivity index (χ2v) is 5.11. The second kappa shape index (κ2) is 4.87. The van der Waals surface area contributed by atoms with Crippen LogP contribution in [0.1, 0.15) is 37.6 Å². The van der Waals surface area contributed by atoms with E-state index in [1.54, 1.807) is 12.1 Å². The molecule has 3 nitrogen and oxygen atoms in total. The minimum Gasteiger partial charge on any atom is -0.488 e. The Morgan fingerprint density at radius 2 is 2.06 bits per heavy atom. The summed E-state index contributed by atoms with van der Waals surface area (Å²) in [6.45, 7) is 5.96. The quantitative estimate of drug-likeness (QED) is 0.918. The van der Waals surface area contributed by atoms with Crippen molar-refractivity contribution >= 4 is 21.9 Å². The number of carboxylic acids is 1. The van der Waals surface area contributed by atoms with E-state index in [0.717, 1.165) is 6.42 Å². The van der Waals surface area contributed by atoms with Crippen LogP contribution < -0.4 is 4.74 Å². The summed E-state index contributed by atoms with van der Waals surface area (Å²) in [5.41, 5.74) is -0.0763. The Morgan fingerprint density at radius 3 is 2.56 bits per heavy atom. The molecule has 0 saturated heterocycles. The minimum atomic E-state index is -0.958. The zero-order valence-electron chi connectivity index (χ0n) is 9.58. The van der Waals surface area contributed by atoms with Crippen molar-refractivity contribution in [3.63, 3.8) is 0 Å². The standard InChI is InChI=1S/C12H15BrO3/c1-4-12(2,3)16-10-6-8(11(14)15)5-9(13)7-10/h5-7H,4H2,1-3H3,(H,14,15). The van der Waals surface area contributed by atoms with Crippen molar-refractivity contribution in [1.82, 2.24) is 0 Å². The summed E-state index contributed by atoms with van der Waals surface area (Å²) in [5, 5.41) is 8.91. The Hall–Kier alpha value is -1.03. The zero-order valence-corrected chi connectivity index (χ0v) is 11.2. The lowest BCUT2D eigenvalue weighted by molar-refractivity contribution is 0.0693. The van der Waals surface area contributed by atoms with Gasteiger partial charge in [-0.2, -0.15) is 0 Å². The van der Waals surface area contributed by atoms with Crippen molar-refractivity contribution < 1.29 is 14.6 Å². The third-order valence-electron chi connectivity index (χ3n) is 2.36. The maximum atomic E-state index is 10.9. The topological polar surface area (TPSA) is 46.5 Å². The van der Waals surface area contributed by atoms with Crippen LogP contribution in [-0.2, 0) is 0 Å². The van der Waals surface area contributed by atoms with Crippen LogP contribution in [0.15, 0.2) is 22.7 Å². The number of hydrogen-bond donors (Lipinski definition) is 1. The predicted octanol–water partition coefficient (Wildman–Crippen LogP) is 3.71. The van der Waals surface area contributed by atoms with Crippen LogP contribution in [0.25, 0.3) is 0 Å². The highest BCUT2D eigenvalue weighted by atomic mass is 79.9. The number of aromatic carboxylic acids is 1. The first-order valence-electron chi connectivity index (χ1n) is 5.07. The van der Waals surface area contributed by atoms with Crippen LogP contribution in [0.4, 0.5) is 0 Å². The number of halogens is 1. The number of ether oxygens (including phenoxy) is 1. The van der Waals surface area contributed by atoms with Crippen molar-refractivity contribution in [2.24, 2.45) is 0 Å². The van der Waals surface area contributed by atoms with Crippen LogP contribution in [-0.4, -0.2) is 16.7 Å². The molecule has 0 atom stereocenters. The molecular weight excluding hydrogens is 272 g/mol. The van der Waals surface area contributed by atoms with Gasteiger partial charge in [-0.25, -0.2) is 4.79 Å². The van der Waals surface area contributed by atoms with E-state index in [1.165, 1.54) is 6.07 Å². The lowest BCUT2D eigenvalue weighted by Crippen LogP contribution is -2.26. The molecular formula is C12H15BrO3. The SMILES string of the molecule is CCC(C)(C)Oc1cc(Br)cc(C(=O)O)c1. The van der Waals surface area contributed by atoms with Gasteiger partial charge in [-0.1, -0.05) is 22.9 Å². The number of hydrogen-bond acceptors (Lipinski definition) is 2. The van der Waals surface area contributed by atoms with E-state index in [4.69, 9.17) is 9.84 Å². The number of carboxylic acid groups (broad SMARTS) is 1. The van der Waals surface area contributed by atoms with Crippen LogP contribution >= 0.6 is 15.9 Å². The molecule has 0 unspecified atom stereocenters. The molecule has 1 rings (SSSR count). The van der Waals surface area contributed by atoms with E-state index < -0.39 is 5.97 Å². The zero-order chi connectivity index (χ0) is 12.3. The third kappa shape index (κ3) is 3.52. The van der Waals surface area contributed by atoms with Crippen LogP contribution in [0.3, 0.4) is 0 Å². The van der Waals surface area contributed by atoms with Crippen LogP contribution in [0.2, 0.25) is 0 Å². The third-order valence-corrected chi connectivity index (χ3v) is 2.82. The van der Waals surface area contributed by atoms with E-state index in [1.807, 2.05) is 20.8 Å². The molecule has 0 heterocycles. The molecule has 0 fully saturated rings. The average molecular weight is 287 g/mol. The van der Waals surface area contributed by atoms with Gasteiger partial charge in [0, 0.05) is 4.47 Å². The van der Waals surface area contributed by atoms with Crippen LogP contribution in [0, 0.1) is 0 Å². The van der Waals surface area contributed by atoms with Gasteiger partial charge in [-0.05, 0) is 38.5 Å². The molecule has 0 aromatic heterocycles. The summed E-state index contributed by atoms with van der Waals surface area (Å²) in [7, 11) is 0. The number of carbonyl (C=O) groups is 1. The smallest absolute Gasteiger partial charge is 0.335 e. The molecule has 1 aromatic carbocycles. The van der Waals surface area contributed by atoms with Crippen molar-refractivity contribution in [1.29, 1.82) is 0 Å². The lowest BCUT2D eigenvalue weighted by atomic mass is 10.1. The van der Waals surface area contributed by atoms with E-state index in [9.17, 15) is 4.79 Å². The van der Waals surface area contributed by atoms with Gasteiger partial charge in [0.15, 0.2) is 0 Å². The Balaban J connectivity index is 3.01. The first-order valence-corrected chi connectivity index (χ1v) is 5.86. The molecule has 0 spiro atoms. The van der Waals surface area contributed by atoms with E-state index in [-0.39, 0.29) is 11.2 Å². The Morgan fingerprint density at radius 1 is 1.44 bits per heavy atom. The summed E-state index contributed by atoms with van der Waals surface area (Å²) < 4.78 is 6.43. The Labute approximate surface area is 104 Å². The predicted molar refractivity (Wildman–Crippen MR) is 66.1 cm³/mol. The fourth-order valence-electron chi connectivity index (χ4n) is 1.14. The van der Waals surface area contributed by atoms with Crippen molar-refractivity contribution in [3.8, 4) is 5.75 Å². The first kappa shape index (κ1) is 13.0. The number of benzene rings is 1. The monoisotopic (exact) mass is 286 g/mol. The van der Waals surface area contributed by atoms with Crippen molar-refractivity contribution in [2.75, 3.05) is 0 Å². The van der Waals surface area contributed by atoms with E-state index in [0.29, 0.717) is 10.2 Å². The molecule has 1 aromatic rings. The molecule has 1 N–H and O–H groups in total. The molecule has 0 aliphatic carbocycles. The molecule has 88 valence electrons. The number of rotatable bonds is 4. The van der Waals surface area contributed by atoms with Gasteiger partial charge in [-0.3, -0.25) is 0 Å². The maximum absolute atomic E-state index is 10.9. The summed E-state index contributed by atoms with van der Waals surface area (Å²) in [6.07, 6.45) is 0.849. The molecule has 0 bridgehead atoms. The van der Waals surface area contributed by atoms with Gasteiger partial charge >= 0.3 is 5.97 Å². The minimum absolute atomic E-state index is 0.219. The van der Waals surface area contributed by atoms with E-state index in [2.05, 4.69) is 15.9 Å². The van der Waals surface area contributed by atoms with E-state index >= 15 is 0 Å². The van der Waals surface area contributed by atoms with Crippen molar-refractivity contribution in [2.45, 2.75) is 32.8 Å². The fourth-order valence-corrected chi connectivity index (χ4v) is 1.61. The molecule has 0 amide bonds. The summed E-state index contributed by atoms with van der Waals surface area (Å²) >= 11 is 3.27. The van der Waals surface area contributed by atoms with Gasteiger partial charge < -0.3 is 9.84 Å². The van der Waals surface area contributed by atoms with Crippen molar-refractivity contribution in [3.05, 3.63) is 28.2 Å². The second-order valence-electron chi connectivity index (χ2n) is 4.20. The highest BCUT2D eigenvalue weighted by Gasteiger charge is 2.18. The van der Waals surface area contributed by atoms with Gasteiger partial charge in [-0.15, -0.1) is 0 Å². The highest BCUT2D eigenvalue weighted by Crippen LogP contribution is 2.26. The van der Waals surface area contributed by atoms with Gasteiger partial charge in [0.05, 0.1) is 5.56 Å². The van der Waals surface area contributed by atoms with Gasteiger partial charge in [0.2, 0.25) is 0 Å². The molecule has 16 heavy (non-hydrogen) atoms. The first-order chi connectivity index (χ1) is 7.34. The largest absolute Gasteiger partial charge is 0.488 e. The fraction of sp³-hybridized carbons (Fsp3) is 0.417. The van der Waals surface area contributed by atoms with Gasteiger partial charge in [0.25, 0.3) is 0 Å².